The van der Waals surface area contributed by atoms with Crippen LogP contribution in [0.1, 0.15) is 0 Å². The monoisotopic (exact) mass is 273 g/mol. The molecule has 0 N–H and O–H groups in total. The third-order valence-electron chi connectivity index (χ3n) is 1.99. The number of benzene rings is 1. The molecule has 4 nitrogen and oxygen atoms in total. The number of pyridine rings is 1. The summed E-state index contributed by atoms with van der Waals surface area (Å²) in [6.45, 7) is 0. The first-order valence-electron chi connectivity index (χ1n) is 4.99. The van der Waals surface area contributed by atoms with E-state index in [-0.39, 0.29) is 0 Å². The molecular formula is C10H8BF4N3O. The van der Waals surface area contributed by atoms with E-state index < -0.39 is 7.25 Å². The summed E-state index contributed by atoms with van der Waals surface area (Å²) in [6.07, 6.45) is 1.51. The minimum atomic E-state index is -6.00. The highest BCUT2D eigenvalue weighted by molar-refractivity contribution is 6.50. The molecule has 0 fully saturated rings. The van der Waals surface area contributed by atoms with Crippen molar-refractivity contribution in [3.05, 3.63) is 35.4 Å². The van der Waals surface area contributed by atoms with Crippen molar-refractivity contribution < 1.29 is 22.0 Å². The molecule has 1 aromatic heterocycles. The molecular weight excluding hydrogens is 265 g/mol. The highest BCUT2D eigenvalue weighted by atomic mass is 19.5. The van der Waals surface area contributed by atoms with Crippen molar-refractivity contribution in [3.63, 3.8) is 0 Å². The molecule has 19 heavy (non-hydrogen) atoms. The van der Waals surface area contributed by atoms with E-state index in [1.54, 1.807) is 13.2 Å². The molecule has 0 radical (unpaired) electrons. The quantitative estimate of drug-likeness (QED) is 0.447. The van der Waals surface area contributed by atoms with Gasteiger partial charge in [0.15, 0.2) is 4.98 Å². The third kappa shape index (κ3) is 5.20. The Labute approximate surface area is 105 Å². The summed E-state index contributed by atoms with van der Waals surface area (Å²) in [4.78, 5) is 7.19. The summed E-state index contributed by atoms with van der Waals surface area (Å²) in [7, 11) is -4.39. The lowest BCUT2D eigenvalue weighted by Crippen LogP contribution is -2.02. The summed E-state index contributed by atoms with van der Waals surface area (Å²) < 4.78 is 44.1. The lowest BCUT2D eigenvalue weighted by Gasteiger charge is -1.99. The first kappa shape index (κ1) is 14.7. The van der Waals surface area contributed by atoms with Crippen molar-refractivity contribution >= 4 is 23.8 Å². The van der Waals surface area contributed by atoms with Crippen LogP contribution in [0.3, 0.4) is 0 Å². The van der Waals surface area contributed by atoms with E-state index in [9.17, 15) is 17.3 Å². The first-order valence-corrected chi connectivity index (χ1v) is 4.99. The van der Waals surface area contributed by atoms with Crippen LogP contribution in [0.2, 0.25) is 0 Å². The SMILES string of the molecule is COc1ccc2ncc([N+]#N)cc2c1.F[B-](F)(F)F. The molecule has 0 aliphatic rings. The van der Waals surface area contributed by atoms with E-state index >= 15 is 0 Å². The zero-order chi connectivity index (χ0) is 14.5. The van der Waals surface area contributed by atoms with Crippen molar-refractivity contribution in [1.29, 1.82) is 5.39 Å². The predicted octanol–water partition coefficient (Wildman–Crippen LogP) is 4.03. The van der Waals surface area contributed by atoms with Crippen molar-refractivity contribution in [2.75, 3.05) is 7.11 Å². The number of ether oxygens (including phenoxy) is 1. The first-order chi connectivity index (χ1) is 8.83. The van der Waals surface area contributed by atoms with E-state index in [4.69, 9.17) is 10.1 Å². The molecule has 0 aliphatic carbocycles. The summed E-state index contributed by atoms with van der Waals surface area (Å²) in [6, 6.07) is 7.28. The second-order valence-corrected chi connectivity index (χ2v) is 3.35. The molecule has 2 aromatic rings. The lowest BCUT2D eigenvalue weighted by molar-refractivity contribution is 0.368. The van der Waals surface area contributed by atoms with Gasteiger partial charge in [0.25, 0.3) is 0 Å². The van der Waals surface area contributed by atoms with Crippen LogP contribution in [0.4, 0.5) is 23.0 Å². The number of halogens is 4. The smallest absolute Gasteiger partial charge is 0.497 e. The van der Waals surface area contributed by atoms with Crippen molar-refractivity contribution in [2.24, 2.45) is 0 Å². The van der Waals surface area contributed by atoms with Gasteiger partial charge in [-0.2, -0.15) is 0 Å². The maximum absolute atomic E-state index is 9.75. The van der Waals surface area contributed by atoms with Crippen LogP contribution in [0, 0.1) is 5.39 Å². The van der Waals surface area contributed by atoms with E-state index in [2.05, 4.69) is 9.96 Å². The van der Waals surface area contributed by atoms with E-state index in [1.807, 2.05) is 18.2 Å². The Morgan fingerprint density at radius 3 is 2.37 bits per heavy atom. The Bertz CT molecular complexity index is 606. The van der Waals surface area contributed by atoms with Crippen LogP contribution < -0.4 is 4.74 Å². The van der Waals surface area contributed by atoms with Crippen LogP contribution in [0.5, 0.6) is 5.75 Å². The summed E-state index contributed by atoms with van der Waals surface area (Å²) in [5, 5.41) is 9.47. The molecule has 100 valence electrons. The van der Waals surface area contributed by atoms with Crippen LogP contribution in [0.15, 0.2) is 30.5 Å². The molecule has 1 aromatic carbocycles. The van der Waals surface area contributed by atoms with E-state index in [0.717, 1.165) is 16.7 Å². The number of methoxy groups -OCH3 is 1. The second kappa shape index (κ2) is 5.99. The van der Waals surface area contributed by atoms with E-state index in [1.165, 1.54) is 6.20 Å². The summed E-state index contributed by atoms with van der Waals surface area (Å²) in [5.74, 6) is 0.759. The zero-order valence-electron chi connectivity index (χ0n) is 9.73. The van der Waals surface area contributed by atoms with Crippen LogP contribution >= 0.6 is 0 Å². The van der Waals surface area contributed by atoms with Gasteiger partial charge in [0.2, 0.25) is 5.39 Å². The topological polar surface area (TPSA) is 50.3 Å². The van der Waals surface area contributed by atoms with Gasteiger partial charge in [-0.25, -0.2) is 4.98 Å². The van der Waals surface area contributed by atoms with Gasteiger partial charge in [-0.15, -0.1) is 0 Å². The predicted molar refractivity (Wildman–Crippen MR) is 63.2 cm³/mol. The molecule has 0 amide bonds. The van der Waals surface area contributed by atoms with Gasteiger partial charge in [-0.05, 0) is 18.2 Å². The standard InChI is InChI=1S/C10H8N3O.BF4/c1-14-9-2-3-10-7(5-9)4-8(13-11)6-12-10;2-1(3,4)5/h2-6H,1H3;/q+1;-1. The maximum Gasteiger partial charge on any atom is 0.673 e. The molecule has 0 bridgehead atoms. The largest absolute Gasteiger partial charge is 0.673 e. The van der Waals surface area contributed by atoms with Crippen LogP contribution in [-0.2, 0) is 0 Å². The maximum atomic E-state index is 9.75. The van der Waals surface area contributed by atoms with Crippen LogP contribution in [0.25, 0.3) is 15.9 Å². The Balaban J connectivity index is 0.000000312. The summed E-state index contributed by atoms with van der Waals surface area (Å²) >= 11 is 0. The Morgan fingerprint density at radius 1 is 1.21 bits per heavy atom. The Morgan fingerprint density at radius 2 is 1.84 bits per heavy atom. The van der Waals surface area contributed by atoms with E-state index in [0.29, 0.717) is 5.69 Å². The van der Waals surface area contributed by atoms with Crippen LogP contribution in [-0.4, -0.2) is 19.3 Å². The van der Waals surface area contributed by atoms with Crippen molar-refractivity contribution in [3.8, 4) is 5.75 Å². The average Bonchev–Trinajstić information content (AvgIpc) is 2.35. The van der Waals surface area contributed by atoms with Gasteiger partial charge in [0.05, 0.1) is 12.6 Å². The number of rotatable bonds is 1. The fourth-order valence-corrected chi connectivity index (χ4v) is 1.28. The molecule has 0 aliphatic heterocycles. The molecule has 0 atom stereocenters. The van der Waals surface area contributed by atoms with Gasteiger partial charge in [0, 0.05) is 11.5 Å². The normalized spacial score (nSPS) is 10.3. The lowest BCUT2D eigenvalue weighted by atomic mass is 10.2. The fourth-order valence-electron chi connectivity index (χ4n) is 1.28. The number of nitrogens with zero attached hydrogens (tertiary/aromatic N) is 3. The minimum absolute atomic E-state index is 0.436. The second-order valence-electron chi connectivity index (χ2n) is 3.35. The highest BCUT2D eigenvalue weighted by Crippen LogP contribution is 2.22. The van der Waals surface area contributed by atoms with Gasteiger partial charge < -0.3 is 22.0 Å². The molecule has 2 rings (SSSR count). The Kier molecular flexibility index (Phi) is 4.64. The van der Waals surface area contributed by atoms with Gasteiger partial charge >= 0.3 is 12.9 Å². The number of fused-ring (bicyclic) bond motifs is 1. The highest BCUT2D eigenvalue weighted by Gasteiger charge is 2.20. The van der Waals surface area contributed by atoms with Crippen molar-refractivity contribution in [1.82, 2.24) is 4.98 Å². The number of diazo groups is 1. The van der Waals surface area contributed by atoms with Gasteiger partial charge in [-0.3, -0.25) is 0 Å². The molecule has 9 heteroatoms. The van der Waals surface area contributed by atoms with Crippen molar-refractivity contribution in [2.45, 2.75) is 0 Å². The molecule has 0 unspecified atom stereocenters. The molecule has 0 spiro atoms. The number of hydrogen-bond donors (Lipinski definition) is 0. The zero-order valence-corrected chi connectivity index (χ0v) is 9.73. The molecule has 0 saturated heterocycles. The van der Waals surface area contributed by atoms with Gasteiger partial charge in [0.1, 0.15) is 11.9 Å². The molecule has 1 heterocycles. The number of hydrogen-bond acceptors (Lipinski definition) is 3. The average molecular weight is 273 g/mol. The number of aromatic nitrogens is 1. The third-order valence-corrected chi connectivity index (χ3v) is 1.99. The Hall–Kier alpha value is -2.37. The minimum Gasteiger partial charge on any atom is -0.497 e. The molecule has 0 saturated carbocycles. The van der Waals surface area contributed by atoms with Gasteiger partial charge in [-0.1, -0.05) is 0 Å². The fraction of sp³-hybridized carbons (Fsp3) is 0.100. The summed E-state index contributed by atoms with van der Waals surface area (Å²) in [5.41, 5.74) is 1.28.